The first-order chi connectivity index (χ1) is 27.0. The van der Waals surface area contributed by atoms with Crippen LogP contribution in [0.15, 0.2) is 72.8 Å². The van der Waals surface area contributed by atoms with Gasteiger partial charge in [-0.1, -0.05) is 14.2 Å². The van der Waals surface area contributed by atoms with E-state index in [2.05, 4.69) is 37.7 Å². The van der Waals surface area contributed by atoms with Crippen LogP contribution in [0.1, 0.15) is 47.4 Å². The van der Waals surface area contributed by atoms with Crippen LogP contribution in [0.2, 0.25) is 13.1 Å². The first-order valence-corrected chi connectivity index (χ1v) is 18.9. The van der Waals surface area contributed by atoms with Crippen molar-refractivity contribution in [3.8, 4) is 0 Å². The number of anilines is 3. The molecule has 6 N–H and O–H groups in total. The zero-order valence-electron chi connectivity index (χ0n) is 31.9. The van der Waals surface area contributed by atoms with E-state index in [-0.39, 0.29) is 27.1 Å². The minimum Gasteiger partial charge on any atom is -0.451 e. The maximum Gasteiger partial charge on any atom is 0.290 e. The summed E-state index contributed by atoms with van der Waals surface area (Å²) in [5.74, 6) is 0.298. The van der Waals surface area contributed by atoms with Crippen molar-refractivity contribution in [3.63, 3.8) is 0 Å². The van der Waals surface area contributed by atoms with Crippen LogP contribution in [0, 0.1) is 32.0 Å². The number of nitro groups is 2. The minimum absolute atomic E-state index is 0. The molecule has 3 fully saturated rings. The molecule has 0 aromatic heterocycles. The lowest BCUT2D eigenvalue weighted by atomic mass is 9.62. The Bertz CT molecular complexity index is 1600. The Morgan fingerprint density at radius 2 is 1.18 bits per heavy atom. The number of benzene rings is 3. The summed E-state index contributed by atoms with van der Waals surface area (Å²) in [6.07, 6.45) is 9.01. The van der Waals surface area contributed by atoms with Gasteiger partial charge in [-0.15, -0.1) is 0 Å². The average Bonchev–Trinajstić information content (AvgIpc) is 3.21. The number of hydrogen-bond donors (Lipinski definition) is 5. The number of piperidine rings is 3. The number of hydrogen-bond acceptors (Lipinski definition) is 13. The Morgan fingerprint density at radius 3 is 1.54 bits per heavy atom. The summed E-state index contributed by atoms with van der Waals surface area (Å²) in [5.41, 5.74) is 8.70. The first-order valence-electron chi connectivity index (χ1n) is 18.9. The van der Waals surface area contributed by atoms with E-state index < -0.39 is 15.7 Å². The van der Waals surface area contributed by atoms with E-state index in [1.165, 1.54) is 45.5 Å². The van der Waals surface area contributed by atoms with Gasteiger partial charge in [0, 0.05) is 68.9 Å². The van der Waals surface area contributed by atoms with Gasteiger partial charge in [0.25, 0.3) is 33.1 Å². The van der Waals surface area contributed by atoms with Gasteiger partial charge in [0.15, 0.2) is 0 Å². The summed E-state index contributed by atoms with van der Waals surface area (Å²) in [4.78, 5) is 44.6. The van der Waals surface area contributed by atoms with Gasteiger partial charge in [0.05, 0.1) is 22.2 Å². The largest absolute Gasteiger partial charge is 0.451 e. The standard InChI is InChI=1S/C12H15BN3O3.C12H17BN3O.C7H16BNO.C6H4FNO2.CH4.H2/c17-9-13-14-10-5-7-15(8-6-10)11-1-3-12(4-2-11)16(18)19;14-10-1-3-12(4-2-10)16-7-5-11(6-8-16)15-13-9-17;1-8(10)6-7-2-4-9-5-3-7;7-5-1-3-6(4-2-5)8(9)10;;/h1-4,9-10,14H,5-8H2;1-4,9,11,15H,5-8,14H2;7,9-10H,2-6H2,1H3;1-4H;1H4;1H. The molecule has 0 bridgehead atoms. The molecule has 0 aliphatic carbocycles. The number of rotatable bonds is 12. The fourth-order valence-electron chi connectivity index (χ4n) is 6.59. The highest BCUT2D eigenvalue weighted by Gasteiger charge is 2.21. The number of nitrogens with two attached hydrogens (primary N) is 1. The second kappa shape index (κ2) is 26.9. The van der Waals surface area contributed by atoms with E-state index in [0.29, 0.717) is 12.1 Å². The molecular weight excluding hydrogens is 732 g/mol. The number of nitrogens with zero attached hydrogens (tertiary/aromatic N) is 4. The molecular formula is C38H58B3FN8O7. The molecule has 3 heterocycles. The first kappa shape index (κ1) is 48.3. The molecule has 0 spiro atoms. The molecule has 3 aliphatic rings. The van der Waals surface area contributed by atoms with Gasteiger partial charge < -0.3 is 45.9 Å². The molecule has 15 nitrogen and oxygen atoms in total. The zero-order chi connectivity index (χ0) is 40.7. The molecule has 3 aromatic carbocycles. The number of nitrogens with one attached hydrogen (secondary N) is 3. The second-order valence-electron chi connectivity index (χ2n) is 13.8. The summed E-state index contributed by atoms with van der Waals surface area (Å²) in [7, 11) is 2.93. The normalized spacial score (nSPS) is 15.7. The number of nitro benzene ring substituents is 2. The van der Waals surface area contributed by atoms with Crippen LogP contribution in [0.3, 0.4) is 0 Å². The second-order valence-corrected chi connectivity index (χ2v) is 13.8. The van der Waals surface area contributed by atoms with Crippen molar-refractivity contribution in [1.29, 1.82) is 0 Å². The summed E-state index contributed by atoms with van der Waals surface area (Å²) in [6, 6.07) is 19.7. The maximum absolute atomic E-state index is 12.1. The van der Waals surface area contributed by atoms with Gasteiger partial charge in [0.2, 0.25) is 0 Å². The van der Waals surface area contributed by atoms with Crippen molar-refractivity contribution < 1.29 is 30.3 Å². The fourth-order valence-corrected chi connectivity index (χ4v) is 6.59. The van der Waals surface area contributed by atoms with Crippen LogP contribution in [0.25, 0.3) is 0 Å². The van der Waals surface area contributed by atoms with E-state index in [9.17, 15) is 34.2 Å². The van der Waals surface area contributed by atoms with Crippen LogP contribution < -0.4 is 31.3 Å². The average molecular weight is 790 g/mol. The van der Waals surface area contributed by atoms with Crippen molar-refractivity contribution in [2.75, 3.05) is 54.8 Å². The van der Waals surface area contributed by atoms with E-state index in [1.54, 1.807) is 12.1 Å². The number of nitrogen functional groups attached to an aromatic ring is 1. The van der Waals surface area contributed by atoms with Crippen LogP contribution in [-0.2, 0) is 9.59 Å². The lowest BCUT2D eigenvalue weighted by molar-refractivity contribution is -0.385. The van der Waals surface area contributed by atoms with Crippen molar-refractivity contribution in [2.24, 2.45) is 5.92 Å². The van der Waals surface area contributed by atoms with Crippen molar-refractivity contribution in [2.45, 2.75) is 71.2 Å². The lowest BCUT2D eigenvalue weighted by Crippen LogP contribution is -2.44. The van der Waals surface area contributed by atoms with Crippen molar-refractivity contribution in [1.82, 2.24) is 15.8 Å². The predicted octanol–water partition coefficient (Wildman–Crippen LogP) is 4.81. The molecule has 308 valence electrons. The van der Waals surface area contributed by atoms with Gasteiger partial charge >= 0.3 is 0 Å². The number of non-ortho nitro benzene ring substituents is 2. The van der Waals surface area contributed by atoms with Gasteiger partial charge in [0.1, 0.15) is 5.82 Å². The SMILES string of the molecule is C.CB(O)CC1CCNCC1.Nc1ccc(N2CCC(N[B]C=O)CC2)cc1.O=C[B]NC1CCN(c2ccc([N+](=O)[O-])cc2)CC1.O=[N+]([O-])c1ccc(F)cc1.[HH]. The Balaban J connectivity index is 0.000000397. The third-order valence-electron chi connectivity index (χ3n) is 9.64. The summed E-state index contributed by atoms with van der Waals surface area (Å²) in [6.45, 7) is 7.81. The van der Waals surface area contributed by atoms with Gasteiger partial charge in [-0.3, -0.25) is 20.2 Å². The third-order valence-corrected chi connectivity index (χ3v) is 9.64. The molecule has 2 radical (unpaired) electrons. The molecule has 0 saturated carbocycles. The molecule has 0 atom stereocenters. The van der Waals surface area contributed by atoms with E-state index >= 15 is 0 Å². The van der Waals surface area contributed by atoms with E-state index in [0.717, 1.165) is 125 Å². The molecule has 0 amide bonds. The summed E-state index contributed by atoms with van der Waals surface area (Å²) in [5, 5.41) is 39.1. The van der Waals surface area contributed by atoms with E-state index in [1.807, 2.05) is 19.0 Å². The highest BCUT2D eigenvalue weighted by atomic mass is 19.1. The monoisotopic (exact) mass is 790 g/mol. The minimum atomic E-state index is -0.570. The smallest absolute Gasteiger partial charge is 0.290 e. The third kappa shape index (κ3) is 18.8. The number of carbonyl (C=O) groups is 2. The van der Waals surface area contributed by atoms with E-state index in [4.69, 9.17) is 10.8 Å². The molecule has 3 saturated heterocycles. The van der Waals surface area contributed by atoms with Crippen LogP contribution in [0.4, 0.5) is 32.8 Å². The highest BCUT2D eigenvalue weighted by molar-refractivity contribution is 6.64. The van der Waals surface area contributed by atoms with Crippen molar-refractivity contribution in [3.05, 3.63) is 98.8 Å². The quantitative estimate of drug-likeness (QED) is 0.0549. The fraction of sp³-hybridized carbons (Fsp3) is 0.474. The molecule has 3 aromatic rings. The number of halogens is 1. The summed E-state index contributed by atoms with van der Waals surface area (Å²) >= 11 is 0. The maximum atomic E-state index is 12.1. The molecule has 19 heteroatoms. The number of carbonyl (C=O) groups excluding carboxylic acids is 2. The van der Waals surface area contributed by atoms with Crippen LogP contribution in [-0.4, -0.2) is 100 Å². The van der Waals surface area contributed by atoms with Crippen LogP contribution in [0.5, 0.6) is 0 Å². The van der Waals surface area contributed by atoms with Crippen molar-refractivity contribution >= 4 is 62.6 Å². The summed E-state index contributed by atoms with van der Waals surface area (Å²) < 4.78 is 12.1. The topological polar surface area (TPSA) is 209 Å². The lowest BCUT2D eigenvalue weighted by Gasteiger charge is -2.34. The van der Waals surface area contributed by atoms with Gasteiger partial charge in [-0.2, -0.15) is 0 Å². The van der Waals surface area contributed by atoms with Gasteiger partial charge in [-0.25, -0.2) is 4.39 Å². The molecule has 3 aliphatic heterocycles. The molecule has 6 rings (SSSR count). The molecule has 0 unspecified atom stereocenters. The Morgan fingerprint density at radius 1 is 0.789 bits per heavy atom. The predicted molar refractivity (Wildman–Crippen MR) is 232 cm³/mol. The Labute approximate surface area is 338 Å². The van der Waals surface area contributed by atoms with Gasteiger partial charge in [-0.05, 0) is 124 Å². The van der Waals surface area contributed by atoms with Crippen LogP contribution >= 0.6 is 0 Å². The Kier molecular flexibility index (Phi) is 22.8. The Hall–Kier alpha value is -4.84. The highest BCUT2D eigenvalue weighted by Crippen LogP contribution is 2.23. The molecule has 57 heavy (non-hydrogen) atoms. The zero-order valence-corrected chi connectivity index (χ0v) is 31.9.